The van der Waals surface area contributed by atoms with E-state index in [1.54, 1.807) is 12.1 Å². The fourth-order valence-electron chi connectivity index (χ4n) is 2.20. The molecule has 2 N–H and O–H groups in total. The molecule has 102 valence electrons. The SMILES string of the molecule is CCC1C(=O)NCCN1C(=O)c1cc(I)ccc1O. The Morgan fingerprint density at radius 3 is 3.00 bits per heavy atom. The van der Waals surface area contributed by atoms with Crippen LogP contribution in [0, 0.1) is 3.57 Å². The number of rotatable bonds is 2. The third-order valence-electron chi connectivity index (χ3n) is 3.17. The molecule has 0 saturated carbocycles. The number of carbonyl (C=O) groups is 2. The maximum absolute atomic E-state index is 12.5. The van der Waals surface area contributed by atoms with E-state index in [0.717, 1.165) is 3.57 Å². The van der Waals surface area contributed by atoms with Crippen LogP contribution >= 0.6 is 22.6 Å². The zero-order chi connectivity index (χ0) is 14.0. The van der Waals surface area contributed by atoms with Gasteiger partial charge in [0.15, 0.2) is 0 Å². The van der Waals surface area contributed by atoms with Crippen molar-refractivity contribution in [2.75, 3.05) is 13.1 Å². The second kappa shape index (κ2) is 5.77. The van der Waals surface area contributed by atoms with Gasteiger partial charge in [-0.05, 0) is 47.2 Å². The van der Waals surface area contributed by atoms with Gasteiger partial charge in [0.25, 0.3) is 5.91 Å². The molecule has 0 bridgehead atoms. The number of phenols is 1. The maximum atomic E-state index is 12.5. The number of amides is 2. The number of benzene rings is 1. The zero-order valence-corrected chi connectivity index (χ0v) is 12.7. The summed E-state index contributed by atoms with van der Waals surface area (Å²) in [5.41, 5.74) is 0.250. The largest absolute Gasteiger partial charge is 0.507 e. The molecule has 1 fully saturated rings. The monoisotopic (exact) mass is 374 g/mol. The number of aromatic hydroxyl groups is 1. The van der Waals surface area contributed by atoms with Gasteiger partial charge in [0.05, 0.1) is 5.56 Å². The number of carbonyl (C=O) groups excluding carboxylic acids is 2. The molecule has 1 aliphatic heterocycles. The number of halogens is 1. The first-order valence-electron chi connectivity index (χ1n) is 6.11. The summed E-state index contributed by atoms with van der Waals surface area (Å²) in [6.07, 6.45) is 0.558. The molecule has 2 rings (SSSR count). The van der Waals surface area contributed by atoms with E-state index >= 15 is 0 Å². The van der Waals surface area contributed by atoms with Gasteiger partial charge in [-0.25, -0.2) is 0 Å². The highest BCUT2D eigenvalue weighted by atomic mass is 127. The summed E-state index contributed by atoms with van der Waals surface area (Å²) >= 11 is 2.08. The number of nitrogens with zero attached hydrogens (tertiary/aromatic N) is 1. The summed E-state index contributed by atoms with van der Waals surface area (Å²) in [5.74, 6) is -0.476. The zero-order valence-electron chi connectivity index (χ0n) is 10.5. The smallest absolute Gasteiger partial charge is 0.258 e. The van der Waals surface area contributed by atoms with Crippen LogP contribution in [0.25, 0.3) is 0 Å². The van der Waals surface area contributed by atoms with Crippen molar-refractivity contribution in [3.63, 3.8) is 0 Å². The molecule has 1 heterocycles. The van der Waals surface area contributed by atoms with Crippen LogP contribution in [0.15, 0.2) is 18.2 Å². The average Bonchev–Trinajstić information content (AvgIpc) is 2.40. The summed E-state index contributed by atoms with van der Waals surface area (Å²) < 4.78 is 0.869. The molecule has 19 heavy (non-hydrogen) atoms. The molecule has 1 aliphatic rings. The van der Waals surface area contributed by atoms with Gasteiger partial charge in [0, 0.05) is 16.7 Å². The number of hydrogen-bond acceptors (Lipinski definition) is 3. The fraction of sp³-hybridized carbons (Fsp3) is 0.385. The molecule has 1 aromatic rings. The van der Waals surface area contributed by atoms with Crippen molar-refractivity contribution in [1.29, 1.82) is 0 Å². The van der Waals surface area contributed by atoms with Crippen LogP contribution in [0.4, 0.5) is 0 Å². The van der Waals surface area contributed by atoms with Gasteiger partial charge in [-0.1, -0.05) is 6.92 Å². The van der Waals surface area contributed by atoms with Crippen molar-refractivity contribution in [2.24, 2.45) is 0 Å². The molecular formula is C13H15IN2O3. The van der Waals surface area contributed by atoms with Crippen LogP contribution in [0.5, 0.6) is 5.75 Å². The normalized spacial score (nSPS) is 19.2. The van der Waals surface area contributed by atoms with E-state index in [-0.39, 0.29) is 23.1 Å². The molecule has 0 radical (unpaired) electrons. The quantitative estimate of drug-likeness (QED) is 0.768. The lowest BCUT2D eigenvalue weighted by molar-refractivity contribution is -0.127. The first-order valence-corrected chi connectivity index (χ1v) is 7.19. The highest BCUT2D eigenvalue weighted by Crippen LogP contribution is 2.23. The average molecular weight is 374 g/mol. The Hall–Kier alpha value is -1.31. The summed E-state index contributed by atoms with van der Waals surface area (Å²) in [7, 11) is 0. The molecule has 1 saturated heterocycles. The van der Waals surface area contributed by atoms with Crippen LogP contribution in [-0.4, -0.2) is 41.0 Å². The van der Waals surface area contributed by atoms with Gasteiger partial charge in [0.1, 0.15) is 11.8 Å². The van der Waals surface area contributed by atoms with E-state index in [4.69, 9.17) is 0 Å². The third-order valence-corrected chi connectivity index (χ3v) is 3.84. The second-order valence-electron chi connectivity index (χ2n) is 4.38. The molecule has 5 nitrogen and oxygen atoms in total. The molecule has 0 aliphatic carbocycles. The van der Waals surface area contributed by atoms with E-state index in [9.17, 15) is 14.7 Å². The predicted octanol–water partition coefficient (Wildman–Crippen LogP) is 1.35. The van der Waals surface area contributed by atoms with Gasteiger partial charge >= 0.3 is 0 Å². The molecule has 1 unspecified atom stereocenters. The Labute approximate surface area is 125 Å². The molecule has 1 atom stereocenters. The number of piperazine rings is 1. The van der Waals surface area contributed by atoms with Crippen molar-refractivity contribution in [1.82, 2.24) is 10.2 Å². The minimum Gasteiger partial charge on any atom is -0.507 e. The standard InChI is InChI=1S/C13H15IN2O3/c1-2-10-12(18)15-5-6-16(10)13(19)9-7-8(14)3-4-11(9)17/h3-4,7,10,17H,2,5-6H2,1H3,(H,15,18). The summed E-state index contributed by atoms with van der Waals surface area (Å²) in [4.78, 5) is 25.8. The summed E-state index contributed by atoms with van der Waals surface area (Å²) in [5, 5.41) is 12.6. The minimum absolute atomic E-state index is 0.0498. The molecule has 6 heteroatoms. The summed E-state index contributed by atoms with van der Waals surface area (Å²) in [6, 6.07) is 4.41. The van der Waals surface area contributed by atoms with E-state index in [0.29, 0.717) is 19.5 Å². The Kier molecular flexibility index (Phi) is 4.28. The minimum atomic E-state index is -0.460. The lowest BCUT2D eigenvalue weighted by atomic mass is 10.1. The van der Waals surface area contributed by atoms with Gasteiger partial charge in [0.2, 0.25) is 5.91 Å². The van der Waals surface area contributed by atoms with Crippen LogP contribution < -0.4 is 5.32 Å². The molecule has 0 spiro atoms. The van der Waals surface area contributed by atoms with Crippen molar-refractivity contribution >= 4 is 34.4 Å². The number of hydrogen-bond donors (Lipinski definition) is 2. The first-order chi connectivity index (χ1) is 9.04. The van der Waals surface area contributed by atoms with Gasteiger partial charge in [-0.15, -0.1) is 0 Å². The molecular weight excluding hydrogens is 359 g/mol. The Bertz CT molecular complexity index is 519. The van der Waals surface area contributed by atoms with Crippen LogP contribution in [-0.2, 0) is 4.79 Å². The second-order valence-corrected chi connectivity index (χ2v) is 5.62. The van der Waals surface area contributed by atoms with Crippen molar-refractivity contribution < 1.29 is 14.7 Å². The third kappa shape index (κ3) is 2.83. The van der Waals surface area contributed by atoms with Crippen molar-refractivity contribution in [3.8, 4) is 5.75 Å². The molecule has 0 aromatic heterocycles. The highest BCUT2D eigenvalue weighted by Gasteiger charge is 2.33. The Morgan fingerprint density at radius 2 is 2.32 bits per heavy atom. The summed E-state index contributed by atoms with van der Waals surface area (Å²) in [6.45, 7) is 2.78. The van der Waals surface area contributed by atoms with Gasteiger partial charge < -0.3 is 15.3 Å². The van der Waals surface area contributed by atoms with Crippen molar-refractivity contribution in [2.45, 2.75) is 19.4 Å². The lowest BCUT2D eigenvalue weighted by Gasteiger charge is -2.34. The van der Waals surface area contributed by atoms with Crippen molar-refractivity contribution in [3.05, 3.63) is 27.3 Å². The van der Waals surface area contributed by atoms with E-state index in [2.05, 4.69) is 27.9 Å². The van der Waals surface area contributed by atoms with E-state index < -0.39 is 6.04 Å². The highest BCUT2D eigenvalue weighted by molar-refractivity contribution is 14.1. The number of nitrogens with one attached hydrogen (secondary N) is 1. The number of phenolic OH excluding ortho intramolecular Hbond substituents is 1. The van der Waals surface area contributed by atoms with Gasteiger partial charge in [-0.3, -0.25) is 9.59 Å². The van der Waals surface area contributed by atoms with E-state index in [1.807, 2.05) is 6.92 Å². The fourth-order valence-corrected chi connectivity index (χ4v) is 2.69. The first kappa shape index (κ1) is 14.1. The lowest BCUT2D eigenvalue weighted by Crippen LogP contribution is -2.56. The predicted molar refractivity (Wildman–Crippen MR) is 78.9 cm³/mol. The Morgan fingerprint density at radius 1 is 1.58 bits per heavy atom. The Balaban J connectivity index is 2.32. The van der Waals surface area contributed by atoms with E-state index in [1.165, 1.54) is 11.0 Å². The topological polar surface area (TPSA) is 69.6 Å². The maximum Gasteiger partial charge on any atom is 0.258 e. The van der Waals surface area contributed by atoms with Crippen LogP contribution in [0.3, 0.4) is 0 Å². The van der Waals surface area contributed by atoms with Crippen LogP contribution in [0.1, 0.15) is 23.7 Å². The van der Waals surface area contributed by atoms with Gasteiger partial charge in [-0.2, -0.15) is 0 Å². The molecule has 1 aromatic carbocycles. The van der Waals surface area contributed by atoms with Crippen LogP contribution in [0.2, 0.25) is 0 Å². The molecule has 2 amide bonds.